The molecule has 0 saturated heterocycles. The van der Waals surface area contributed by atoms with Crippen LogP contribution in [0.2, 0.25) is 0 Å². The van der Waals surface area contributed by atoms with E-state index in [0.29, 0.717) is 11.3 Å². The lowest BCUT2D eigenvalue weighted by molar-refractivity contribution is 0.0938. The number of rotatable bonds is 7. The predicted molar refractivity (Wildman–Crippen MR) is 100 cm³/mol. The first-order valence-corrected chi connectivity index (χ1v) is 9.81. The highest BCUT2D eigenvalue weighted by molar-refractivity contribution is 7.92. The molecule has 0 aliphatic heterocycles. The number of nitrogens with one attached hydrogen (secondary N) is 2. The second-order valence-electron chi connectivity index (χ2n) is 6.11. The van der Waals surface area contributed by atoms with Gasteiger partial charge < -0.3 is 5.32 Å². The predicted octanol–water partition coefficient (Wildman–Crippen LogP) is 3.71. The average molecular weight is 360 g/mol. The second kappa shape index (κ2) is 8.16. The van der Waals surface area contributed by atoms with Crippen LogP contribution in [-0.4, -0.2) is 20.4 Å². The Balaban J connectivity index is 2.22. The van der Waals surface area contributed by atoms with Crippen LogP contribution < -0.4 is 10.0 Å². The van der Waals surface area contributed by atoms with Crippen molar-refractivity contribution in [2.24, 2.45) is 0 Å². The highest BCUT2D eigenvalue weighted by atomic mass is 32.2. The molecule has 2 rings (SSSR count). The number of amides is 1. The molecule has 0 radical (unpaired) electrons. The molecule has 0 bridgehead atoms. The fraction of sp³-hybridized carbons (Fsp3) is 0.316. The van der Waals surface area contributed by atoms with E-state index in [0.717, 1.165) is 18.4 Å². The zero-order chi connectivity index (χ0) is 18.4. The number of carbonyl (C=O) groups is 1. The van der Waals surface area contributed by atoms with E-state index in [4.69, 9.17) is 0 Å². The fourth-order valence-corrected chi connectivity index (χ4v) is 3.68. The summed E-state index contributed by atoms with van der Waals surface area (Å²) in [5.41, 5.74) is 1.68. The van der Waals surface area contributed by atoms with Crippen LogP contribution in [0.4, 0.5) is 5.69 Å². The van der Waals surface area contributed by atoms with Crippen molar-refractivity contribution in [1.29, 1.82) is 0 Å². The van der Waals surface area contributed by atoms with Gasteiger partial charge in [-0.2, -0.15) is 0 Å². The summed E-state index contributed by atoms with van der Waals surface area (Å²) in [6.07, 6.45) is 1.84. The largest absolute Gasteiger partial charge is 0.350 e. The van der Waals surface area contributed by atoms with Gasteiger partial charge in [0, 0.05) is 11.6 Å². The first-order chi connectivity index (χ1) is 11.8. The van der Waals surface area contributed by atoms with E-state index in [-0.39, 0.29) is 16.8 Å². The lowest BCUT2D eigenvalue weighted by atomic mass is 10.1. The Morgan fingerprint density at radius 2 is 1.84 bits per heavy atom. The Labute approximate surface area is 149 Å². The minimum absolute atomic E-state index is 0.0443. The van der Waals surface area contributed by atoms with E-state index in [1.54, 1.807) is 24.3 Å². The maximum absolute atomic E-state index is 12.6. The number of hydrogen-bond acceptors (Lipinski definition) is 3. The maximum atomic E-state index is 12.6. The molecule has 134 valence electrons. The third kappa shape index (κ3) is 5.06. The molecule has 25 heavy (non-hydrogen) atoms. The molecule has 0 heterocycles. The van der Waals surface area contributed by atoms with Crippen LogP contribution >= 0.6 is 0 Å². The van der Waals surface area contributed by atoms with E-state index in [9.17, 15) is 13.2 Å². The Morgan fingerprint density at radius 1 is 1.12 bits per heavy atom. The zero-order valence-corrected chi connectivity index (χ0v) is 15.6. The van der Waals surface area contributed by atoms with E-state index in [1.807, 2.05) is 32.9 Å². The van der Waals surface area contributed by atoms with Gasteiger partial charge in [-0.1, -0.05) is 37.6 Å². The molecular weight excluding hydrogens is 336 g/mol. The molecule has 2 aromatic rings. The van der Waals surface area contributed by atoms with Gasteiger partial charge in [0.05, 0.1) is 10.6 Å². The number of benzene rings is 2. The molecule has 5 nitrogen and oxygen atoms in total. The molecular formula is C19H24N2O3S. The molecule has 0 fully saturated rings. The van der Waals surface area contributed by atoms with Crippen molar-refractivity contribution >= 4 is 21.6 Å². The van der Waals surface area contributed by atoms with Crippen molar-refractivity contribution in [1.82, 2.24) is 5.32 Å². The average Bonchev–Trinajstić information content (AvgIpc) is 2.57. The van der Waals surface area contributed by atoms with Gasteiger partial charge in [0.15, 0.2) is 0 Å². The zero-order valence-electron chi connectivity index (χ0n) is 14.7. The van der Waals surface area contributed by atoms with E-state index in [1.165, 1.54) is 12.1 Å². The molecule has 0 saturated carbocycles. The summed E-state index contributed by atoms with van der Waals surface area (Å²) in [5.74, 6) is -0.270. The molecule has 1 atom stereocenters. The van der Waals surface area contributed by atoms with Gasteiger partial charge in [0.1, 0.15) is 0 Å². The highest BCUT2D eigenvalue weighted by Gasteiger charge is 2.17. The van der Waals surface area contributed by atoms with Gasteiger partial charge in [-0.05, 0) is 50.1 Å². The van der Waals surface area contributed by atoms with E-state index in [2.05, 4.69) is 10.0 Å². The number of anilines is 1. The molecule has 0 unspecified atom stereocenters. The van der Waals surface area contributed by atoms with Crippen molar-refractivity contribution in [2.45, 2.75) is 44.6 Å². The van der Waals surface area contributed by atoms with Crippen LogP contribution in [0.1, 0.15) is 42.6 Å². The summed E-state index contributed by atoms with van der Waals surface area (Å²) < 4.78 is 27.8. The van der Waals surface area contributed by atoms with Gasteiger partial charge >= 0.3 is 0 Å². The first kappa shape index (κ1) is 19.0. The monoisotopic (exact) mass is 360 g/mol. The first-order valence-electron chi connectivity index (χ1n) is 8.33. The summed E-state index contributed by atoms with van der Waals surface area (Å²) in [6, 6.07) is 13.3. The van der Waals surface area contributed by atoms with Crippen LogP contribution in [0.5, 0.6) is 0 Å². The molecule has 0 spiro atoms. The standard InChI is InChI=1S/C19H24N2O3S/c1-4-8-15(3)20-19(22)16-10-7-11-17(13-16)25(23,24)21-18-12-6-5-9-14(18)2/h5-7,9-13,15,21H,4,8H2,1-3H3,(H,20,22)/t15-/m1/s1. The Bertz CT molecular complexity index is 847. The highest BCUT2D eigenvalue weighted by Crippen LogP contribution is 2.20. The van der Waals surface area contributed by atoms with E-state index < -0.39 is 10.0 Å². The van der Waals surface area contributed by atoms with Crippen molar-refractivity contribution in [3.05, 3.63) is 59.7 Å². The normalized spacial score (nSPS) is 12.4. The molecule has 2 aromatic carbocycles. The maximum Gasteiger partial charge on any atom is 0.261 e. The Hall–Kier alpha value is -2.34. The molecule has 6 heteroatoms. The fourth-order valence-electron chi connectivity index (χ4n) is 2.51. The van der Waals surface area contributed by atoms with Crippen molar-refractivity contribution in [2.75, 3.05) is 4.72 Å². The van der Waals surface area contributed by atoms with Crippen LogP contribution in [0.15, 0.2) is 53.4 Å². The number of aryl methyl sites for hydroxylation is 1. The van der Waals surface area contributed by atoms with Crippen LogP contribution in [0.25, 0.3) is 0 Å². The minimum atomic E-state index is -3.76. The summed E-state index contributed by atoms with van der Waals surface area (Å²) in [4.78, 5) is 12.4. The minimum Gasteiger partial charge on any atom is -0.350 e. The molecule has 0 aliphatic carbocycles. The molecule has 2 N–H and O–H groups in total. The summed E-state index contributed by atoms with van der Waals surface area (Å²) in [7, 11) is -3.76. The van der Waals surface area contributed by atoms with Crippen molar-refractivity contribution < 1.29 is 13.2 Å². The lowest BCUT2D eigenvalue weighted by Crippen LogP contribution is -2.32. The molecule has 1 amide bonds. The number of sulfonamides is 1. The lowest BCUT2D eigenvalue weighted by Gasteiger charge is -2.14. The Morgan fingerprint density at radius 3 is 2.52 bits per heavy atom. The van der Waals surface area contributed by atoms with Crippen molar-refractivity contribution in [3.63, 3.8) is 0 Å². The van der Waals surface area contributed by atoms with Gasteiger partial charge in [-0.3, -0.25) is 9.52 Å². The summed E-state index contributed by atoms with van der Waals surface area (Å²) >= 11 is 0. The quantitative estimate of drug-likeness (QED) is 0.790. The topological polar surface area (TPSA) is 75.3 Å². The van der Waals surface area contributed by atoms with Gasteiger partial charge in [-0.15, -0.1) is 0 Å². The second-order valence-corrected chi connectivity index (χ2v) is 7.79. The number of para-hydroxylation sites is 1. The third-order valence-electron chi connectivity index (χ3n) is 3.90. The van der Waals surface area contributed by atoms with Crippen LogP contribution in [0.3, 0.4) is 0 Å². The van der Waals surface area contributed by atoms with Gasteiger partial charge in [-0.25, -0.2) is 8.42 Å². The van der Waals surface area contributed by atoms with Crippen molar-refractivity contribution in [3.8, 4) is 0 Å². The van der Waals surface area contributed by atoms with Gasteiger partial charge in [0.2, 0.25) is 0 Å². The van der Waals surface area contributed by atoms with Gasteiger partial charge in [0.25, 0.3) is 15.9 Å². The summed E-state index contributed by atoms with van der Waals surface area (Å²) in [6.45, 7) is 5.81. The molecule has 0 aromatic heterocycles. The number of hydrogen-bond donors (Lipinski definition) is 2. The van der Waals surface area contributed by atoms with Crippen LogP contribution in [-0.2, 0) is 10.0 Å². The number of carbonyl (C=O) groups excluding carboxylic acids is 1. The Kier molecular flexibility index (Phi) is 6.20. The third-order valence-corrected chi connectivity index (χ3v) is 5.26. The smallest absolute Gasteiger partial charge is 0.261 e. The SMILES string of the molecule is CCC[C@@H](C)NC(=O)c1cccc(S(=O)(=O)Nc2ccccc2C)c1. The molecule has 0 aliphatic rings. The van der Waals surface area contributed by atoms with E-state index >= 15 is 0 Å². The van der Waals surface area contributed by atoms with Crippen LogP contribution in [0, 0.1) is 6.92 Å². The summed E-state index contributed by atoms with van der Waals surface area (Å²) in [5, 5.41) is 2.88.